The first-order chi connectivity index (χ1) is 27.1. The highest BCUT2D eigenvalue weighted by Gasteiger charge is 2.57. The number of nitrogens with zero attached hydrogens (tertiary/aromatic N) is 2. The van der Waals surface area contributed by atoms with Crippen molar-refractivity contribution in [1.29, 1.82) is 0 Å². The molecule has 4 aromatic carbocycles. The fourth-order valence-electron chi connectivity index (χ4n) is 10.9. The molecule has 2 nitrogen and oxygen atoms in total. The molecule has 0 saturated heterocycles. The van der Waals surface area contributed by atoms with E-state index in [-0.39, 0.29) is 45.9 Å². The molecule has 0 radical (unpaired) electrons. The summed E-state index contributed by atoms with van der Waals surface area (Å²) in [7, 11) is 0. The van der Waals surface area contributed by atoms with Crippen LogP contribution < -0.4 is 15.3 Å². The zero-order valence-corrected chi connectivity index (χ0v) is 37.8. The summed E-state index contributed by atoms with van der Waals surface area (Å²) in [4.78, 5) is 5.57. The van der Waals surface area contributed by atoms with Crippen molar-refractivity contribution in [3.05, 3.63) is 154 Å². The van der Waals surface area contributed by atoms with Crippen LogP contribution in [0.15, 0.2) is 126 Å². The Morgan fingerprint density at radius 2 is 1.17 bits per heavy atom. The molecule has 4 aromatic rings. The van der Waals surface area contributed by atoms with E-state index in [9.17, 15) is 0 Å². The maximum Gasteiger partial charge on any atom is 0.221 e. The quantitative estimate of drug-likeness (QED) is 0.192. The molecule has 0 spiro atoms. The number of allylic oxidation sites excluding steroid dienone is 4. The third-order valence-corrected chi connectivity index (χ3v) is 14.4. The average Bonchev–Trinajstić information content (AvgIpc) is 3.50. The Morgan fingerprint density at radius 1 is 0.552 bits per heavy atom. The highest BCUT2D eigenvalue weighted by atomic mass is 15.2. The maximum atomic E-state index is 2.80. The number of benzene rings is 4. The summed E-state index contributed by atoms with van der Waals surface area (Å²) in [5.41, 5.74) is 19.9. The van der Waals surface area contributed by atoms with Gasteiger partial charge in [0.2, 0.25) is 6.71 Å². The zero-order chi connectivity index (χ0) is 41.5. The minimum atomic E-state index is -0.222. The van der Waals surface area contributed by atoms with Crippen LogP contribution in [-0.4, -0.2) is 18.8 Å². The van der Waals surface area contributed by atoms with Gasteiger partial charge in [-0.1, -0.05) is 181 Å². The van der Waals surface area contributed by atoms with Crippen LogP contribution in [-0.2, 0) is 16.2 Å². The van der Waals surface area contributed by atoms with Gasteiger partial charge in [-0.05, 0) is 109 Å². The van der Waals surface area contributed by atoms with Gasteiger partial charge in [-0.15, -0.1) is 0 Å². The van der Waals surface area contributed by atoms with Gasteiger partial charge in [0.15, 0.2) is 0 Å². The maximum absolute atomic E-state index is 2.80. The lowest BCUT2D eigenvalue weighted by Crippen LogP contribution is -2.61. The second-order valence-electron chi connectivity index (χ2n) is 22.7. The fourth-order valence-corrected chi connectivity index (χ4v) is 10.9. The molecule has 0 aromatic heterocycles. The van der Waals surface area contributed by atoms with Crippen LogP contribution >= 0.6 is 0 Å². The Balaban J connectivity index is 1.39. The molecule has 0 amide bonds. The smallest absolute Gasteiger partial charge is 0.221 e. The Hall–Kier alpha value is -4.50. The van der Waals surface area contributed by atoms with Gasteiger partial charge < -0.3 is 9.80 Å². The van der Waals surface area contributed by atoms with Crippen molar-refractivity contribution < 1.29 is 0 Å². The van der Waals surface area contributed by atoms with Crippen molar-refractivity contribution in [3.63, 3.8) is 0 Å². The van der Waals surface area contributed by atoms with Crippen LogP contribution in [0, 0.1) is 10.8 Å². The van der Waals surface area contributed by atoms with E-state index in [4.69, 9.17) is 0 Å². The van der Waals surface area contributed by atoms with Gasteiger partial charge in [-0.2, -0.15) is 0 Å². The summed E-state index contributed by atoms with van der Waals surface area (Å²) in [6.45, 7) is 33.6. The number of rotatable bonds is 3. The molecule has 3 atom stereocenters. The van der Waals surface area contributed by atoms with E-state index in [0.29, 0.717) is 5.82 Å². The monoisotopic (exact) mass is 765 g/mol. The standard InChI is InChI=1S/C55H65BN2/c1-51(2,3)34-20-24-39(25-21-34)57-45-31-37(53(7,8)9)22-27-42(45)56-43-28-26-41(54(10,11)12)48-40-30-36(52(4,5)6)23-29-44(40)58(50(43)48)47-33-38(32-46(57)49(47)56)55(13,14)35-18-16-15-17-19-35/h15-30,32-33,43,45,50H,31H2,1-14H3. The molecule has 0 N–H and O–H groups in total. The van der Waals surface area contributed by atoms with Gasteiger partial charge in [0, 0.05) is 33.7 Å². The van der Waals surface area contributed by atoms with E-state index in [0.717, 1.165) is 6.42 Å². The van der Waals surface area contributed by atoms with E-state index < -0.39 is 0 Å². The molecule has 0 fully saturated rings. The molecule has 9 rings (SSSR count). The van der Waals surface area contributed by atoms with Gasteiger partial charge in [-0.3, -0.25) is 0 Å². The van der Waals surface area contributed by atoms with E-state index in [1.54, 1.807) is 11.0 Å². The van der Waals surface area contributed by atoms with E-state index in [2.05, 4.69) is 216 Å². The first-order valence-corrected chi connectivity index (χ1v) is 22.0. The largest absolute Gasteiger partial charge is 0.335 e. The summed E-state index contributed by atoms with van der Waals surface area (Å²) in [5.74, 6) is 0.301. The fraction of sp³-hybridized carbons (Fsp3) is 0.418. The van der Waals surface area contributed by atoms with Gasteiger partial charge in [-0.25, -0.2) is 0 Å². The van der Waals surface area contributed by atoms with Crippen molar-refractivity contribution in [3.8, 4) is 0 Å². The second-order valence-corrected chi connectivity index (χ2v) is 22.7. The van der Waals surface area contributed by atoms with Crippen molar-refractivity contribution in [1.82, 2.24) is 0 Å². The molecule has 298 valence electrons. The van der Waals surface area contributed by atoms with Gasteiger partial charge >= 0.3 is 0 Å². The van der Waals surface area contributed by atoms with E-state index >= 15 is 0 Å². The highest BCUT2D eigenvalue weighted by molar-refractivity contribution is 6.86. The molecule has 2 aliphatic carbocycles. The summed E-state index contributed by atoms with van der Waals surface area (Å²) >= 11 is 0. The molecule has 3 heteroatoms. The lowest BCUT2D eigenvalue weighted by molar-refractivity contribution is 0.469. The van der Waals surface area contributed by atoms with Crippen LogP contribution in [0.1, 0.15) is 131 Å². The molecule has 3 heterocycles. The predicted molar refractivity (Wildman–Crippen MR) is 252 cm³/mol. The van der Waals surface area contributed by atoms with E-state index in [1.807, 2.05) is 0 Å². The van der Waals surface area contributed by atoms with Gasteiger partial charge in [0.1, 0.15) is 0 Å². The highest BCUT2D eigenvalue weighted by Crippen LogP contribution is 2.61. The van der Waals surface area contributed by atoms with Crippen LogP contribution in [0.5, 0.6) is 0 Å². The Labute approximate surface area is 350 Å². The summed E-state index contributed by atoms with van der Waals surface area (Å²) in [6.07, 6.45) is 11.3. The minimum absolute atomic E-state index is 0.00395. The topological polar surface area (TPSA) is 6.48 Å². The first-order valence-electron chi connectivity index (χ1n) is 22.0. The van der Waals surface area contributed by atoms with Crippen molar-refractivity contribution in [2.75, 3.05) is 9.80 Å². The van der Waals surface area contributed by atoms with Crippen molar-refractivity contribution in [2.45, 2.75) is 137 Å². The Bertz CT molecular complexity index is 2440. The van der Waals surface area contributed by atoms with Crippen LogP contribution in [0.4, 0.5) is 22.7 Å². The lowest BCUT2D eigenvalue weighted by Gasteiger charge is -2.54. The third-order valence-electron chi connectivity index (χ3n) is 14.4. The zero-order valence-electron chi connectivity index (χ0n) is 37.8. The molecule has 5 aliphatic rings. The predicted octanol–water partition coefficient (Wildman–Crippen LogP) is 13.9. The molecular weight excluding hydrogens is 699 g/mol. The minimum Gasteiger partial charge on any atom is -0.335 e. The third kappa shape index (κ3) is 5.96. The first kappa shape index (κ1) is 39.0. The van der Waals surface area contributed by atoms with Gasteiger partial charge in [0.05, 0.1) is 12.1 Å². The number of hydrogen-bond acceptors (Lipinski definition) is 2. The summed E-state index contributed by atoms with van der Waals surface area (Å²) in [6, 6.07) is 33.8. The summed E-state index contributed by atoms with van der Waals surface area (Å²) < 4.78 is 0. The normalized spacial score (nSPS) is 21.3. The molecule has 0 saturated carbocycles. The Kier molecular flexibility index (Phi) is 8.57. The molecule has 3 aliphatic heterocycles. The van der Waals surface area contributed by atoms with Gasteiger partial charge in [0.25, 0.3) is 0 Å². The Morgan fingerprint density at radius 3 is 1.78 bits per heavy atom. The van der Waals surface area contributed by atoms with Crippen molar-refractivity contribution >= 4 is 40.5 Å². The van der Waals surface area contributed by atoms with E-state index in [1.165, 1.54) is 67.2 Å². The molecule has 3 unspecified atom stereocenters. The second kappa shape index (κ2) is 12.8. The number of hydrogen-bond donors (Lipinski definition) is 0. The van der Waals surface area contributed by atoms with Crippen LogP contribution in [0.3, 0.4) is 0 Å². The lowest BCUT2D eigenvalue weighted by atomic mass is 9.27. The number of fused-ring (bicyclic) bond motifs is 7. The molecular formula is C55H65BN2. The molecule has 0 bridgehead atoms. The SMILES string of the molecule is CC(C)(C)C1=CC=C2B3c4c(cc(C(C)(C)c5ccccc5)cc4N4c5ccc(C(C)(C)C)cc5C5=C(C(C)(C)C)C=CC3C54)N(c3ccc(C(C)(C)C)cc3)C2C1. The summed E-state index contributed by atoms with van der Waals surface area (Å²) in [5, 5.41) is 0. The van der Waals surface area contributed by atoms with Crippen molar-refractivity contribution in [2.24, 2.45) is 10.8 Å². The number of anilines is 4. The van der Waals surface area contributed by atoms with Crippen LogP contribution in [0.25, 0.3) is 5.57 Å². The average molecular weight is 765 g/mol. The van der Waals surface area contributed by atoms with Crippen LogP contribution in [0.2, 0.25) is 5.82 Å². The molecule has 58 heavy (non-hydrogen) atoms.